The van der Waals surface area contributed by atoms with Gasteiger partial charge in [0.1, 0.15) is 17.4 Å². The van der Waals surface area contributed by atoms with Crippen LogP contribution in [0.15, 0.2) is 16.5 Å². The number of urea groups is 1. The summed E-state index contributed by atoms with van der Waals surface area (Å²) >= 11 is 0. The molecule has 4 rings (SSSR count). The highest BCUT2D eigenvalue weighted by atomic mass is 16.2. The first-order valence-electron chi connectivity index (χ1n) is 9.83. The Hall–Kier alpha value is -1.72. The van der Waals surface area contributed by atoms with Crippen molar-refractivity contribution in [1.82, 2.24) is 20.4 Å². The average Bonchev–Trinajstić information content (AvgIpc) is 3.27. The van der Waals surface area contributed by atoms with Gasteiger partial charge in [-0.2, -0.15) is 0 Å². The molecule has 0 spiro atoms. The molecule has 3 heterocycles. The maximum absolute atomic E-state index is 13.1. The van der Waals surface area contributed by atoms with Crippen LogP contribution < -0.4 is 10.6 Å². The van der Waals surface area contributed by atoms with E-state index in [0.29, 0.717) is 5.92 Å². The van der Waals surface area contributed by atoms with Gasteiger partial charge in [0, 0.05) is 19.0 Å². The Bertz CT molecular complexity index is 626. The van der Waals surface area contributed by atoms with E-state index < -0.39 is 0 Å². The second-order valence-corrected chi connectivity index (χ2v) is 8.91. The second kappa shape index (κ2) is 5.92. The predicted octanol–water partition coefficient (Wildman–Crippen LogP) is 2.84. The van der Waals surface area contributed by atoms with E-state index in [1.807, 2.05) is 9.80 Å². The molecule has 3 aliphatic heterocycles. The Morgan fingerprint density at radius 1 is 1.24 bits per heavy atom. The van der Waals surface area contributed by atoms with Crippen LogP contribution in [0.3, 0.4) is 0 Å². The van der Waals surface area contributed by atoms with Crippen LogP contribution in [0.5, 0.6) is 0 Å². The van der Waals surface area contributed by atoms with E-state index in [-0.39, 0.29) is 23.7 Å². The smallest absolute Gasteiger partial charge is 0.327 e. The van der Waals surface area contributed by atoms with Crippen molar-refractivity contribution in [2.24, 2.45) is 16.3 Å². The molecule has 1 unspecified atom stereocenters. The lowest BCUT2D eigenvalue weighted by atomic mass is 9.87. The first-order valence-corrected chi connectivity index (χ1v) is 9.83. The highest BCUT2D eigenvalue weighted by Gasteiger charge is 2.48. The largest absolute Gasteiger partial charge is 0.365 e. The van der Waals surface area contributed by atoms with Gasteiger partial charge < -0.3 is 10.6 Å². The first-order chi connectivity index (χ1) is 11.9. The number of carbonyl (C=O) groups is 1. The maximum atomic E-state index is 13.1. The third kappa shape index (κ3) is 2.70. The molecule has 2 fully saturated rings. The Balaban J connectivity index is 1.69. The fourth-order valence-electron chi connectivity index (χ4n) is 4.41. The summed E-state index contributed by atoms with van der Waals surface area (Å²) in [5.74, 6) is 2.59. The van der Waals surface area contributed by atoms with Crippen molar-refractivity contribution >= 4 is 11.9 Å². The predicted molar refractivity (Wildman–Crippen MR) is 98.8 cm³/mol. The molecule has 0 bridgehead atoms. The monoisotopic (exact) mass is 345 g/mol. The van der Waals surface area contributed by atoms with E-state index in [1.165, 1.54) is 25.7 Å². The molecule has 0 aromatic carbocycles. The molecule has 25 heavy (non-hydrogen) atoms. The lowest BCUT2D eigenvalue weighted by Crippen LogP contribution is -2.53. The number of rotatable bonds is 3. The van der Waals surface area contributed by atoms with Gasteiger partial charge in [0.2, 0.25) is 0 Å². The molecule has 0 radical (unpaired) electrons. The van der Waals surface area contributed by atoms with E-state index in [2.05, 4.69) is 38.3 Å². The van der Waals surface area contributed by atoms with E-state index in [0.717, 1.165) is 36.9 Å². The molecule has 0 aromatic heterocycles. The van der Waals surface area contributed by atoms with E-state index in [4.69, 9.17) is 4.99 Å². The fourth-order valence-corrected chi connectivity index (χ4v) is 4.41. The number of nitrogens with one attached hydrogen (secondary N) is 2. The minimum absolute atomic E-state index is 0.100. The molecule has 1 aliphatic carbocycles. The average molecular weight is 345 g/mol. The molecule has 4 aliphatic rings. The summed E-state index contributed by atoms with van der Waals surface area (Å²) in [6, 6.07) is 0.363. The molecule has 138 valence electrons. The summed E-state index contributed by atoms with van der Waals surface area (Å²) in [4.78, 5) is 22.0. The van der Waals surface area contributed by atoms with Gasteiger partial charge in [0.15, 0.2) is 6.17 Å². The third-order valence-corrected chi connectivity index (χ3v) is 6.01. The number of aliphatic imine (C=N–C) groups is 1. The van der Waals surface area contributed by atoms with Crippen molar-refractivity contribution in [1.29, 1.82) is 0 Å². The number of carbonyl (C=O) groups excluding carboxylic acids is 1. The van der Waals surface area contributed by atoms with Gasteiger partial charge in [-0.15, -0.1) is 0 Å². The van der Waals surface area contributed by atoms with Crippen molar-refractivity contribution in [3.05, 3.63) is 11.5 Å². The van der Waals surface area contributed by atoms with E-state index in [9.17, 15) is 4.79 Å². The summed E-state index contributed by atoms with van der Waals surface area (Å²) < 4.78 is 0. The SMILES string of the molecule is CCCN1C(=O)N2C[C@H](C(C)(C)C)NC2=C2NC(C3CCCC3)=NC21. The van der Waals surface area contributed by atoms with Crippen molar-refractivity contribution < 1.29 is 4.79 Å². The Kier molecular flexibility index (Phi) is 3.96. The van der Waals surface area contributed by atoms with E-state index >= 15 is 0 Å². The summed E-state index contributed by atoms with van der Waals surface area (Å²) in [5, 5.41) is 7.25. The maximum Gasteiger partial charge on any atom is 0.327 e. The van der Waals surface area contributed by atoms with Crippen LogP contribution in [0.2, 0.25) is 0 Å². The van der Waals surface area contributed by atoms with Crippen LogP contribution in [-0.4, -0.2) is 47.0 Å². The van der Waals surface area contributed by atoms with Crippen LogP contribution in [0.25, 0.3) is 0 Å². The zero-order valence-electron chi connectivity index (χ0n) is 15.9. The molecule has 0 aromatic rings. The fraction of sp³-hybridized carbons (Fsp3) is 0.789. The molecule has 1 saturated carbocycles. The van der Waals surface area contributed by atoms with Gasteiger partial charge in [0.05, 0.1) is 6.04 Å². The Morgan fingerprint density at radius 3 is 2.60 bits per heavy atom. The summed E-state index contributed by atoms with van der Waals surface area (Å²) in [6.07, 6.45) is 5.78. The normalized spacial score (nSPS) is 29.6. The third-order valence-electron chi connectivity index (χ3n) is 6.01. The zero-order chi connectivity index (χ0) is 17.8. The molecule has 6 nitrogen and oxygen atoms in total. The van der Waals surface area contributed by atoms with Gasteiger partial charge in [-0.1, -0.05) is 40.5 Å². The topological polar surface area (TPSA) is 60.0 Å². The van der Waals surface area contributed by atoms with Crippen LogP contribution >= 0.6 is 0 Å². The number of hydrogen-bond donors (Lipinski definition) is 2. The Labute approximate surface area is 150 Å². The van der Waals surface area contributed by atoms with Gasteiger partial charge in [-0.3, -0.25) is 9.80 Å². The summed E-state index contributed by atoms with van der Waals surface area (Å²) in [5.41, 5.74) is 1.19. The van der Waals surface area contributed by atoms with Crippen LogP contribution in [0.1, 0.15) is 59.8 Å². The quantitative estimate of drug-likeness (QED) is 0.827. The molecule has 2 amide bonds. The van der Waals surface area contributed by atoms with Crippen molar-refractivity contribution in [2.45, 2.75) is 72.0 Å². The van der Waals surface area contributed by atoms with Crippen molar-refractivity contribution in [3.8, 4) is 0 Å². The summed E-state index contributed by atoms with van der Waals surface area (Å²) in [7, 11) is 0. The van der Waals surface area contributed by atoms with Crippen molar-refractivity contribution in [2.75, 3.05) is 13.1 Å². The van der Waals surface area contributed by atoms with Crippen molar-refractivity contribution in [3.63, 3.8) is 0 Å². The molecule has 1 saturated heterocycles. The van der Waals surface area contributed by atoms with Gasteiger partial charge in [0.25, 0.3) is 0 Å². The minimum Gasteiger partial charge on any atom is -0.365 e. The second-order valence-electron chi connectivity index (χ2n) is 8.91. The molecular weight excluding hydrogens is 314 g/mol. The lowest BCUT2D eigenvalue weighted by molar-refractivity contribution is 0.144. The van der Waals surface area contributed by atoms with Gasteiger partial charge in [-0.05, 0) is 24.7 Å². The standard InChI is InChI=1S/C19H31N5O/c1-5-10-23-17-14(21-15(22-17)12-8-6-7-9-12)16-20-13(19(2,3)4)11-24(16)18(23)25/h12-13,17,20H,5-11H2,1-4H3,(H,21,22)/t13-,17?/m1/s1. The number of hydrogen-bond acceptors (Lipinski definition) is 4. The summed E-state index contributed by atoms with van der Waals surface area (Å²) in [6.45, 7) is 10.3. The number of amides is 2. The van der Waals surface area contributed by atoms with Gasteiger partial charge >= 0.3 is 6.03 Å². The Morgan fingerprint density at radius 2 is 1.96 bits per heavy atom. The molecule has 2 N–H and O–H groups in total. The highest BCUT2D eigenvalue weighted by molar-refractivity contribution is 5.91. The lowest BCUT2D eigenvalue weighted by Gasteiger charge is -2.36. The highest BCUT2D eigenvalue weighted by Crippen LogP contribution is 2.37. The first kappa shape index (κ1) is 16.7. The molecular formula is C19H31N5O. The van der Waals surface area contributed by atoms with E-state index in [1.54, 1.807) is 0 Å². The zero-order valence-corrected chi connectivity index (χ0v) is 15.9. The van der Waals surface area contributed by atoms with Gasteiger partial charge in [-0.25, -0.2) is 9.79 Å². The van der Waals surface area contributed by atoms with Crippen LogP contribution in [-0.2, 0) is 0 Å². The number of fused-ring (bicyclic) bond motifs is 2. The minimum atomic E-state index is -0.166. The molecule has 2 atom stereocenters. The number of amidine groups is 1. The number of nitrogens with zero attached hydrogens (tertiary/aromatic N) is 3. The van der Waals surface area contributed by atoms with Crippen LogP contribution in [0.4, 0.5) is 4.79 Å². The molecule has 6 heteroatoms. The van der Waals surface area contributed by atoms with Crippen LogP contribution in [0, 0.1) is 11.3 Å².